The van der Waals surface area contributed by atoms with Crippen LogP contribution in [0.2, 0.25) is 0 Å². The van der Waals surface area contributed by atoms with E-state index < -0.39 is 15.7 Å². The normalized spacial score (nSPS) is 12.0. The molecule has 0 atom stereocenters. The Bertz CT molecular complexity index is 1280. The molecular formula is C22H28N4O7S2. The summed E-state index contributed by atoms with van der Waals surface area (Å²) in [5, 5.41) is 15.9. The number of sulfone groups is 1. The average molecular weight is 525 g/mol. The highest BCUT2D eigenvalue weighted by Crippen LogP contribution is 2.26. The van der Waals surface area contributed by atoms with Gasteiger partial charge in [-0.25, -0.2) is 18.4 Å². The number of methoxy groups -OCH3 is 2. The van der Waals surface area contributed by atoms with Gasteiger partial charge in [-0.2, -0.15) is 0 Å². The fraction of sp³-hybridized carbons (Fsp3) is 0.364. The number of aliphatic hydroxyl groups excluding tert-OH is 1. The molecule has 3 aromatic rings. The summed E-state index contributed by atoms with van der Waals surface area (Å²) in [6.45, 7) is 0.354. The zero-order chi connectivity index (χ0) is 25.3. The van der Waals surface area contributed by atoms with Gasteiger partial charge in [0.25, 0.3) is 5.91 Å². The lowest BCUT2D eigenvalue weighted by molar-refractivity contribution is -0.110. The van der Waals surface area contributed by atoms with E-state index in [-0.39, 0.29) is 31.0 Å². The van der Waals surface area contributed by atoms with Gasteiger partial charge in [-0.05, 0) is 24.6 Å². The smallest absolute Gasteiger partial charge is 0.280 e. The number of rotatable bonds is 13. The summed E-state index contributed by atoms with van der Waals surface area (Å²) in [5.41, 5.74) is 0.867. The summed E-state index contributed by atoms with van der Waals surface area (Å²) in [7, 11) is -0.475. The van der Waals surface area contributed by atoms with Crippen molar-refractivity contribution in [3.05, 3.63) is 42.0 Å². The Morgan fingerprint density at radius 2 is 1.89 bits per heavy atom. The van der Waals surface area contributed by atoms with Crippen LogP contribution in [0.5, 0.6) is 5.88 Å². The van der Waals surface area contributed by atoms with Gasteiger partial charge in [0, 0.05) is 39.8 Å². The van der Waals surface area contributed by atoms with E-state index in [1.54, 1.807) is 12.1 Å². The highest BCUT2D eigenvalue weighted by Gasteiger charge is 2.20. The quantitative estimate of drug-likeness (QED) is 0.195. The van der Waals surface area contributed by atoms with Crippen molar-refractivity contribution >= 4 is 48.3 Å². The molecular weight excluding hydrogens is 496 g/mol. The molecule has 0 spiro atoms. The van der Waals surface area contributed by atoms with Crippen molar-refractivity contribution in [3.8, 4) is 5.88 Å². The molecule has 3 rings (SSSR count). The zero-order valence-corrected chi connectivity index (χ0v) is 20.9. The Balaban J connectivity index is 0.00000456. The number of nitrogens with zero attached hydrogens (tertiary/aromatic N) is 3. The minimum absolute atomic E-state index is 0. The van der Waals surface area contributed by atoms with E-state index >= 15 is 0 Å². The Hall–Kier alpha value is -3.13. The van der Waals surface area contributed by atoms with Crippen molar-refractivity contribution in [2.24, 2.45) is 5.16 Å². The van der Waals surface area contributed by atoms with Crippen molar-refractivity contribution in [1.82, 2.24) is 9.97 Å². The van der Waals surface area contributed by atoms with Crippen molar-refractivity contribution < 1.29 is 34.1 Å². The van der Waals surface area contributed by atoms with Gasteiger partial charge in [0.1, 0.15) is 17.0 Å². The lowest BCUT2D eigenvalue weighted by Crippen LogP contribution is -2.24. The first kappa shape index (κ1) is 26.5. The van der Waals surface area contributed by atoms with Crippen LogP contribution in [0.25, 0.3) is 10.3 Å². The molecule has 11 nitrogen and oxygen atoms in total. The number of aromatic nitrogens is 2. The van der Waals surface area contributed by atoms with E-state index in [1.165, 1.54) is 38.5 Å². The lowest BCUT2D eigenvalue weighted by Gasteiger charge is -2.09. The van der Waals surface area contributed by atoms with Crippen molar-refractivity contribution in [2.75, 3.05) is 45.1 Å². The molecule has 0 unspecified atom stereocenters. The molecule has 0 aliphatic rings. The van der Waals surface area contributed by atoms with E-state index in [4.69, 9.17) is 19.4 Å². The maximum Gasteiger partial charge on any atom is 0.280 e. The van der Waals surface area contributed by atoms with E-state index in [2.05, 4.69) is 20.4 Å². The summed E-state index contributed by atoms with van der Waals surface area (Å²) in [6, 6.07) is 9.21. The van der Waals surface area contributed by atoms with Crippen LogP contribution in [-0.4, -0.2) is 74.9 Å². The van der Waals surface area contributed by atoms with E-state index in [1.807, 2.05) is 0 Å². The van der Waals surface area contributed by atoms with Crippen LogP contribution < -0.4 is 10.1 Å². The first-order valence-electron chi connectivity index (χ1n) is 10.6. The largest absolute Gasteiger partial charge is 0.481 e. The molecule has 0 fully saturated rings. The molecule has 2 heterocycles. The molecule has 1 aromatic carbocycles. The third kappa shape index (κ3) is 7.18. The SMILES string of the molecule is COCCCS(=O)(=O)c1ccc(/C(=N\OCCCO)C(=O)Nc2nc3ccc(OC)nc3s2)cc1.[HH]. The second-order valence-corrected chi connectivity index (χ2v) is 10.3. The number of amides is 1. The number of fused-ring (bicyclic) bond motifs is 1. The summed E-state index contributed by atoms with van der Waals surface area (Å²) in [6.07, 6.45) is 0.708. The fourth-order valence-electron chi connectivity index (χ4n) is 2.92. The summed E-state index contributed by atoms with van der Waals surface area (Å²) < 4.78 is 35.0. The topological polar surface area (TPSA) is 149 Å². The number of carbonyl (C=O) groups excluding carboxylic acids is 1. The van der Waals surface area contributed by atoms with Gasteiger partial charge in [-0.3, -0.25) is 10.1 Å². The molecule has 0 radical (unpaired) electrons. The van der Waals surface area contributed by atoms with Gasteiger partial charge >= 0.3 is 0 Å². The predicted octanol–water partition coefficient (Wildman–Crippen LogP) is 2.50. The van der Waals surface area contributed by atoms with E-state index in [0.29, 0.717) is 46.4 Å². The third-order valence-electron chi connectivity index (χ3n) is 4.67. The number of anilines is 1. The van der Waals surface area contributed by atoms with Crippen LogP contribution in [0.15, 0.2) is 46.4 Å². The molecule has 0 saturated heterocycles. The molecule has 2 N–H and O–H groups in total. The van der Waals surface area contributed by atoms with Crippen LogP contribution in [-0.2, 0) is 24.2 Å². The number of pyridine rings is 1. The summed E-state index contributed by atoms with van der Waals surface area (Å²) in [5.74, 6) is -0.228. The molecule has 190 valence electrons. The number of oxime groups is 1. The van der Waals surface area contributed by atoms with Crippen LogP contribution >= 0.6 is 11.3 Å². The Kier molecular flexibility index (Phi) is 9.48. The van der Waals surface area contributed by atoms with Crippen LogP contribution in [0.1, 0.15) is 19.8 Å². The molecule has 13 heteroatoms. The second kappa shape index (κ2) is 12.5. The Morgan fingerprint density at radius 3 is 2.57 bits per heavy atom. The minimum Gasteiger partial charge on any atom is -0.481 e. The highest BCUT2D eigenvalue weighted by molar-refractivity contribution is 7.91. The number of carbonyl (C=O) groups is 1. The number of ether oxygens (including phenoxy) is 2. The minimum atomic E-state index is -3.49. The van der Waals surface area contributed by atoms with Gasteiger partial charge in [0.15, 0.2) is 20.7 Å². The zero-order valence-electron chi connectivity index (χ0n) is 19.3. The monoisotopic (exact) mass is 524 g/mol. The molecule has 0 aliphatic heterocycles. The molecule has 1 amide bonds. The standard InChI is InChI=1S/C22H26N4O7S2.H2/c1-31-12-4-14-35(29,30)16-7-5-15(6-8-16)19(26-33-13-3-11-27)20(28)25-22-23-17-9-10-18(32-2)24-21(17)34-22;/h5-10,27H,3-4,11-14H2,1-2H3,(H,23,25,28);1H/b26-19+;. The Morgan fingerprint density at radius 1 is 1.11 bits per heavy atom. The van der Waals surface area contributed by atoms with Gasteiger partial charge < -0.3 is 19.4 Å². The third-order valence-corrected chi connectivity index (χ3v) is 7.37. The average Bonchev–Trinajstić information content (AvgIpc) is 3.25. The van der Waals surface area contributed by atoms with Gasteiger partial charge in [-0.15, -0.1) is 0 Å². The summed E-state index contributed by atoms with van der Waals surface area (Å²) in [4.78, 5) is 27.6. The van der Waals surface area contributed by atoms with Crippen LogP contribution in [0, 0.1) is 0 Å². The molecule has 35 heavy (non-hydrogen) atoms. The van der Waals surface area contributed by atoms with Crippen LogP contribution in [0.4, 0.5) is 5.13 Å². The van der Waals surface area contributed by atoms with Crippen molar-refractivity contribution in [3.63, 3.8) is 0 Å². The number of hydrogen-bond acceptors (Lipinski definition) is 11. The van der Waals surface area contributed by atoms with Crippen LogP contribution in [0.3, 0.4) is 0 Å². The highest BCUT2D eigenvalue weighted by atomic mass is 32.2. The summed E-state index contributed by atoms with van der Waals surface area (Å²) >= 11 is 1.16. The van der Waals surface area contributed by atoms with Crippen molar-refractivity contribution in [1.29, 1.82) is 0 Å². The van der Waals surface area contributed by atoms with Gasteiger partial charge in [0.05, 0.1) is 17.8 Å². The fourth-order valence-corrected chi connectivity index (χ4v) is 5.03. The molecule has 2 aromatic heterocycles. The van der Waals surface area contributed by atoms with E-state index in [0.717, 1.165) is 11.3 Å². The van der Waals surface area contributed by atoms with E-state index in [9.17, 15) is 13.2 Å². The molecule has 0 saturated carbocycles. The van der Waals surface area contributed by atoms with Crippen molar-refractivity contribution in [2.45, 2.75) is 17.7 Å². The first-order chi connectivity index (χ1) is 16.9. The number of thiazole rings is 1. The van der Waals surface area contributed by atoms with Gasteiger partial charge in [-0.1, -0.05) is 28.6 Å². The lowest BCUT2D eigenvalue weighted by atomic mass is 10.1. The second-order valence-electron chi connectivity index (χ2n) is 7.19. The predicted molar refractivity (Wildman–Crippen MR) is 134 cm³/mol. The number of benzene rings is 1. The Labute approximate surface area is 208 Å². The first-order valence-corrected chi connectivity index (χ1v) is 13.1. The number of aliphatic hydroxyl groups is 1. The maximum atomic E-state index is 13.1. The number of nitrogens with one attached hydrogen (secondary N) is 1. The molecule has 0 aliphatic carbocycles. The molecule has 0 bridgehead atoms. The maximum absolute atomic E-state index is 13.1. The number of hydrogen-bond donors (Lipinski definition) is 2. The van der Waals surface area contributed by atoms with Gasteiger partial charge in [0.2, 0.25) is 5.88 Å².